The number of ether oxygens (including phenoxy) is 2. The minimum absolute atomic E-state index is 0.0260. The number of nitrogens with one attached hydrogen (secondary N) is 2. The molecular weight excluding hydrogens is 352 g/mol. The van der Waals surface area contributed by atoms with Crippen molar-refractivity contribution < 1.29 is 19.2 Å². The Balaban J connectivity index is 1.31. The van der Waals surface area contributed by atoms with Gasteiger partial charge in [0.15, 0.2) is 18.0 Å². The summed E-state index contributed by atoms with van der Waals surface area (Å²) in [6.45, 7) is 3.54. The summed E-state index contributed by atoms with van der Waals surface area (Å²) < 4.78 is 10.8. The lowest BCUT2D eigenvalue weighted by molar-refractivity contribution is -0.885. The molecule has 0 bridgehead atoms. The molecule has 1 heterocycles. The molecule has 0 saturated carbocycles. The van der Waals surface area contributed by atoms with Crippen LogP contribution in [0, 0.1) is 0 Å². The van der Waals surface area contributed by atoms with Crippen LogP contribution in [0.3, 0.4) is 0 Å². The summed E-state index contributed by atoms with van der Waals surface area (Å²) >= 11 is 0. The lowest BCUT2D eigenvalue weighted by atomic mass is 9.89. The Morgan fingerprint density at radius 3 is 2.71 bits per heavy atom. The molecule has 0 aromatic heterocycles. The van der Waals surface area contributed by atoms with Crippen molar-refractivity contribution in [3.8, 4) is 11.5 Å². The number of aryl methyl sites for hydroxylation is 2. The quantitative estimate of drug-likeness (QED) is 0.807. The predicted molar refractivity (Wildman–Crippen MR) is 108 cm³/mol. The average Bonchev–Trinajstić information content (AvgIpc) is 3.15. The van der Waals surface area contributed by atoms with Crippen LogP contribution in [0.4, 0.5) is 0 Å². The van der Waals surface area contributed by atoms with E-state index in [0.717, 1.165) is 34.9 Å². The van der Waals surface area contributed by atoms with E-state index in [-0.39, 0.29) is 18.7 Å². The predicted octanol–water partition coefficient (Wildman–Crippen LogP) is 2.19. The fourth-order valence-electron chi connectivity index (χ4n) is 4.13. The minimum atomic E-state index is 0.0260. The molecule has 1 aliphatic carbocycles. The van der Waals surface area contributed by atoms with Gasteiger partial charge in [-0.15, -0.1) is 0 Å². The molecule has 0 spiro atoms. The molecule has 5 heteroatoms. The van der Waals surface area contributed by atoms with Crippen LogP contribution in [0.5, 0.6) is 11.5 Å². The second-order valence-corrected chi connectivity index (χ2v) is 8.02. The Hall–Kier alpha value is -2.53. The Morgan fingerprint density at radius 2 is 1.86 bits per heavy atom. The van der Waals surface area contributed by atoms with Crippen molar-refractivity contribution in [1.82, 2.24) is 5.32 Å². The van der Waals surface area contributed by atoms with Crippen LogP contribution < -0.4 is 19.7 Å². The number of quaternary nitrogens is 1. The zero-order valence-electron chi connectivity index (χ0n) is 16.7. The number of likely N-dealkylation sites (N-methyl/N-ethyl adjacent to an activating group) is 1. The molecule has 1 aliphatic heterocycles. The van der Waals surface area contributed by atoms with Crippen molar-refractivity contribution in [2.75, 3.05) is 20.4 Å². The summed E-state index contributed by atoms with van der Waals surface area (Å²) in [6, 6.07) is 12.7. The van der Waals surface area contributed by atoms with Crippen LogP contribution >= 0.6 is 0 Å². The molecule has 2 aromatic carbocycles. The van der Waals surface area contributed by atoms with Gasteiger partial charge in [-0.2, -0.15) is 0 Å². The SMILES string of the molecule is C[C@@H](NC(=O)C[NH+](C)Cc1ccc2c(c1)OCO2)c1ccc2c(c1)CCCC2. The second-order valence-electron chi connectivity index (χ2n) is 8.02. The van der Waals surface area contributed by atoms with Gasteiger partial charge in [-0.1, -0.05) is 18.2 Å². The molecule has 28 heavy (non-hydrogen) atoms. The Bertz CT molecular complexity index is 865. The molecular formula is C23H29N2O3+. The highest BCUT2D eigenvalue weighted by Crippen LogP contribution is 2.32. The van der Waals surface area contributed by atoms with Crippen LogP contribution in [0.15, 0.2) is 36.4 Å². The summed E-state index contributed by atoms with van der Waals surface area (Å²) in [7, 11) is 2.04. The third-order valence-electron chi connectivity index (χ3n) is 5.66. The number of hydrogen-bond donors (Lipinski definition) is 2. The molecule has 1 amide bonds. The molecule has 148 valence electrons. The van der Waals surface area contributed by atoms with Gasteiger partial charge in [0.2, 0.25) is 6.79 Å². The summed E-state index contributed by atoms with van der Waals surface area (Å²) in [5.41, 5.74) is 5.26. The van der Waals surface area contributed by atoms with E-state index >= 15 is 0 Å². The summed E-state index contributed by atoms with van der Waals surface area (Å²) in [4.78, 5) is 13.7. The Kier molecular flexibility index (Phi) is 5.53. The van der Waals surface area contributed by atoms with Crippen LogP contribution in [-0.2, 0) is 24.2 Å². The molecule has 1 unspecified atom stereocenters. The summed E-state index contributed by atoms with van der Waals surface area (Å²) in [5.74, 6) is 1.65. The maximum absolute atomic E-state index is 12.5. The smallest absolute Gasteiger partial charge is 0.275 e. The van der Waals surface area contributed by atoms with Gasteiger partial charge in [-0.3, -0.25) is 4.79 Å². The monoisotopic (exact) mass is 381 g/mol. The Labute approximate surface area is 166 Å². The van der Waals surface area contributed by atoms with Gasteiger partial charge in [0, 0.05) is 5.56 Å². The molecule has 2 aliphatic rings. The normalized spacial score (nSPS) is 16.9. The summed E-state index contributed by atoms with van der Waals surface area (Å²) in [6.07, 6.45) is 4.90. The van der Waals surface area contributed by atoms with Crippen LogP contribution in [0.2, 0.25) is 0 Å². The largest absolute Gasteiger partial charge is 0.454 e. The van der Waals surface area contributed by atoms with Crippen molar-refractivity contribution in [2.24, 2.45) is 0 Å². The number of rotatable bonds is 6. The van der Waals surface area contributed by atoms with Crippen molar-refractivity contribution in [3.05, 3.63) is 58.7 Å². The van der Waals surface area contributed by atoms with Gasteiger partial charge in [-0.05, 0) is 67.5 Å². The highest BCUT2D eigenvalue weighted by Gasteiger charge is 2.18. The van der Waals surface area contributed by atoms with Crippen molar-refractivity contribution >= 4 is 5.91 Å². The molecule has 0 saturated heterocycles. The molecule has 0 fully saturated rings. The third kappa shape index (κ3) is 4.30. The lowest BCUT2D eigenvalue weighted by Crippen LogP contribution is -3.08. The van der Waals surface area contributed by atoms with E-state index < -0.39 is 0 Å². The van der Waals surface area contributed by atoms with Crippen LogP contribution in [0.25, 0.3) is 0 Å². The molecule has 2 aromatic rings. The number of benzene rings is 2. The first-order valence-electron chi connectivity index (χ1n) is 10.2. The number of hydrogen-bond acceptors (Lipinski definition) is 3. The average molecular weight is 381 g/mol. The van der Waals surface area contributed by atoms with Gasteiger partial charge in [0.25, 0.3) is 5.91 Å². The number of fused-ring (bicyclic) bond motifs is 2. The standard InChI is InChI=1S/C23H28N2O3/c1-16(19-9-8-18-5-3-4-6-20(18)12-19)24-23(26)14-25(2)13-17-7-10-21-22(11-17)28-15-27-21/h7-12,16H,3-6,13-15H2,1-2H3,(H,24,26)/p+1/t16-/m1/s1. The van der Waals surface area contributed by atoms with E-state index in [0.29, 0.717) is 6.54 Å². The first kappa shape index (κ1) is 18.8. The zero-order chi connectivity index (χ0) is 19.5. The van der Waals surface area contributed by atoms with E-state index in [1.165, 1.54) is 36.0 Å². The molecule has 4 rings (SSSR count). The maximum atomic E-state index is 12.5. The number of amides is 1. The highest BCUT2D eigenvalue weighted by atomic mass is 16.7. The molecule has 5 nitrogen and oxygen atoms in total. The van der Waals surface area contributed by atoms with E-state index in [4.69, 9.17) is 9.47 Å². The topological polar surface area (TPSA) is 52.0 Å². The first-order chi connectivity index (χ1) is 13.6. The second kappa shape index (κ2) is 8.23. The summed E-state index contributed by atoms with van der Waals surface area (Å²) in [5, 5.41) is 3.16. The van der Waals surface area contributed by atoms with E-state index in [1.807, 2.05) is 25.2 Å². The van der Waals surface area contributed by atoms with E-state index in [9.17, 15) is 4.79 Å². The number of carbonyl (C=O) groups is 1. The minimum Gasteiger partial charge on any atom is -0.454 e. The van der Waals surface area contributed by atoms with Gasteiger partial charge >= 0.3 is 0 Å². The lowest BCUT2D eigenvalue weighted by Gasteiger charge is -2.21. The fraction of sp³-hybridized carbons (Fsp3) is 0.435. The van der Waals surface area contributed by atoms with Crippen molar-refractivity contribution in [2.45, 2.75) is 45.2 Å². The fourth-order valence-corrected chi connectivity index (χ4v) is 4.13. The zero-order valence-corrected chi connectivity index (χ0v) is 16.7. The van der Waals surface area contributed by atoms with E-state index in [1.54, 1.807) is 0 Å². The van der Waals surface area contributed by atoms with E-state index in [2.05, 4.69) is 30.4 Å². The molecule has 2 atom stereocenters. The number of carbonyl (C=O) groups excluding carboxylic acids is 1. The molecule has 2 N–H and O–H groups in total. The van der Waals surface area contributed by atoms with Gasteiger partial charge in [-0.25, -0.2) is 0 Å². The van der Waals surface area contributed by atoms with Gasteiger partial charge in [0.05, 0.1) is 13.1 Å². The third-order valence-corrected chi connectivity index (χ3v) is 5.66. The molecule has 0 radical (unpaired) electrons. The highest BCUT2D eigenvalue weighted by molar-refractivity contribution is 5.77. The van der Waals surface area contributed by atoms with Crippen molar-refractivity contribution in [3.63, 3.8) is 0 Å². The Morgan fingerprint density at radius 1 is 1.07 bits per heavy atom. The van der Waals surface area contributed by atoms with Crippen LogP contribution in [0.1, 0.15) is 48.1 Å². The van der Waals surface area contributed by atoms with Gasteiger partial charge in [0.1, 0.15) is 6.54 Å². The first-order valence-corrected chi connectivity index (χ1v) is 10.2. The van der Waals surface area contributed by atoms with Crippen molar-refractivity contribution in [1.29, 1.82) is 0 Å². The maximum Gasteiger partial charge on any atom is 0.275 e. The van der Waals surface area contributed by atoms with Gasteiger partial charge < -0.3 is 19.7 Å². The van der Waals surface area contributed by atoms with Crippen LogP contribution in [-0.4, -0.2) is 26.3 Å².